The van der Waals surface area contributed by atoms with Gasteiger partial charge in [0, 0.05) is 18.2 Å². The molecule has 2 heterocycles. The van der Waals surface area contributed by atoms with Crippen LogP contribution < -0.4 is 0 Å². The predicted octanol–water partition coefficient (Wildman–Crippen LogP) is 2.56. The summed E-state index contributed by atoms with van der Waals surface area (Å²) in [4.78, 5) is 4.49. The summed E-state index contributed by atoms with van der Waals surface area (Å²) in [5.41, 5.74) is 1.18. The van der Waals surface area contributed by atoms with E-state index in [9.17, 15) is 9.50 Å². The van der Waals surface area contributed by atoms with Crippen molar-refractivity contribution < 1.29 is 9.50 Å². The van der Waals surface area contributed by atoms with Crippen LogP contribution in [0, 0.1) is 5.82 Å². The lowest BCUT2D eigenvalue weighted by atomic mass is 10.1. The molecule has 4 heteroatoms. The smallest absolute Gasteiger partial charge is 0.132 e. The normalized spacial score (nSPS) is 18.7. The lowest BCUT2D eigenvalue weighted by molar-refractivity contribution is 0.206. The molecule has 94 valence electrons. The monoisotopic (exact) mass is 246 g/mol. The van der Waals surface area contributed by atoms with Gasteiger partial charge < -0.3 is 9.67 Å². The Balaban J connectivity index is 2.05. The lowest BCUT2D eigenvalue weighted by Crippen LogP contribution is -2.20. The van der Waals surface area contributed by atoms with Gasteiger partial charge in [-0.3, -0.25) is 0 Å². The molecule has 0 saturated heterocycles. The maximum atomic E-state index is 13.7. The second kappa shape index (κ2) is 4.53. The number of fused-ring (bicyclic) bond motifs is 1. The summed E-state index contributed by atoms with van der Waals surface area (Å²) in [6, 6.07) is 6.74. The quantitative estimate of drug-likeness (QED) is 0.884. The van der Waals surface area contributed by atoms with Gasteiger partial charge in [0.2, 0.25) is 0 Å². The minimum absolute atomic E-state index is 0.0850. The first-order valence-corrected chi connectivity index (χ1v) is 6.23. The van der Waals surface area contributed by atoms with Gasteiger partial charge in [-0.2, -0.15) is 0 Å². The molecular weight excluding hydrogens is 231 g/mol. The molecule has 0 saturated carbocycles. The molecule has 0 fully saturated rings. The van der Waals surface area contributed by atoms with E-state index >= 15 is 0 Å². The van der Waals surface area contributed by atoms with Crippen molar-refractivity contribution >= 4 is 0 Å². The minimum atomic E-state index is -0.256. The van der Waals surface area contributed by atoms with E-state index in [1.165, 1.54) is 6.07 Å². The van der Waals surface area contributed by atoms with Gasteiger partial charge in [0.15, 0.2) is 0 Å². The van der Waals surface area contributed by atoms with E-state index in [1.54, 1.807) is 18.2 Å². The average molecular weight is 246 g/mol. The van der Waals surface area contributed by atoms with E-state index in [1.807, 2.05) is 10.8 Å². The van der Waals surface area contributed by atoms with E-state index in [4.69, 9.17) is 0 Å². The van der Waals surface area contributed by atoms with Crippen LogP contribution in [0.5, 0.6) is 0 Å². The van der Waals surface area contributed by atoms with Crippen molar-refractivity contribution in [2.75, 3.05) is 6.61 Å². The molecule has 0 amide bonds. The van der Waals surface area contributed by atoms with Crippen LogP contribution in [0.1, 0.15) is 24.7 Å². The van der Waals surface area contributed by atoms with Gasteiger partial charge in [-0.15, -0.1) is 0 Å². The van der Waals surface area contributed by atoms with E-state index in [2.05, 4.69) is 4.98 Å². The molecule has 0 radical (unpaired) electrons. The van der Waals surface area contributed by atoms with Crippen LogP contribution in [0.15, 0.2) is 30.5 Å². The number of aliphatic hydroxyl groups excluding tert-OH is 1. The zero-order valence-corrected chi connectivity index (χ0v) is 10.0. The Morgan fingerprint density at radius 3 is 3.00 bits per heavy atom. The molecule has 1 aliphatic heterocycles. The first kappa shape index (κ1) is 11.4. The first-order chi connectivity index (χ1) is 8.79. The fraction of sp³-hybridized carbons (Fsp3) is 0.357. The SMILES string of the molecule is OCC1CCCc2nc(-c3ccccc3F)cn21. The van der Waals surface area contributed by atoms with Gasteiger partial charge in [0.1, 0.15) is 11.6 Å². The number of rotatable bonds is 2. The Kier molecular flexibility index (Phi) is 2.88. The lowest BCUT2D eigenvalue weighted by Gasteiger charge is -2.22. The molecule has 1 atom stereocenters. The number of aryl methyl sites for hydroxylation is 1. The zero-order valence-electron chi connectivity index (χ0n) is 10.0. The Morgan fingerprint density at radius 2 is 2.22 bits per heavy atom. The van der Waals surface area contributed by atoms with Gasteiger partial charge in [0.25, 0.3) is 0 Å². The highest BCUT2D eigenvalue weighted by Crippen LogP contribution is 2.29. The second-order valence-electron chi connectivity index (χ2n) is 4.66. The largest absolute Gasteiger partial charge is 0.394 e. The molecular formula is C14H15FN2O. The molecule has 0 aliphatic carbocycles. The maximum absolute atomic E-state index is 13.7. The number of hydrogen-bond donors (Lipinski definition) is 1. The van der Waals surface area contributed by atoms with Crippen LogP contribution in [0.25, 0.3) is 11.3 Å². The van der Waals surface area contributed by atoms with Crippen molar-refractivity contribution in [2.45, 2.75) is 25.3 Å². The number of imidazole rings is 1. The molecule has 3 rings (SSSR count). The Hall–Kier alpha value is -1.68. The zero-order chi connectivity index (χ0) is 12.5. The molecule has 18 heavy (non-hydrogen) atoms. The molecule has 1 aliphatic rings. The molecule has 2 aromatic rings. The topological polar surface area (TPSA) is 38.1 Å². The number of nitrogens with zero attached hydrogens (tertiary/aromatic N) is 2. The van der Waals surface area contributed by atoms with Crippen LogP contribution in [0.4, 0.5) is 4.39 Å². The third-order valence-corrected chi connectivity index (χ3v) is 3.50. The van der Waals surface area contributed by atoms with Gasteiger partial charge in [-0.25, -0.2) is 9.37 Å². The highest BCUT2D eigenvalue weighted by Gasteiger charge is 2.21. The number of aliphatic hydroxyl groups is 1. The summed E-state index contributed by atoms with van der Waals surface area (Å²) in [5, 5.41) is 9.35. The van der Waals surface area contributed by atoms with Crippen molar-refractivity contribution in [3.63, 3.8) is 0 Å². The van der Waals surface area contributed by atoms with Crippen LogP contribution in [-0.2, 0) is 6.42 Å². The van der Waals surface area contributed by atoms with Crippen LogP contribution in [-0.4, -0.2) is 21.3 Å². The highest BCUT2D eigenvalue weighted by atomic mass is 19.1. The van der Waals surface area contributed by atoms with E-state index in [0.717, 1.165) is 25.1 Å². The summed E-state index contributed by atoms with van der Waals surface area (Å²) in [7, 11) is 0. The van der Waals surface area contributed by atoms with Crippen LogP contribution in [0.2, 0.25) is 0 Å². The van der Waals surface area contributed by atoms with Gasteiger partial charge in [0.05, 0.1) is 18.3 Å². The van der Waals surface area contributed by atoms with Crippen molar-refractivity contribution in [2.24, 2.45) is 0 Å². The Labute approximate surface area is 105 Å². The summed E-state index contributed by atoms with van der Waals surface area (Å²) < 4.78 is 15.7. The van der Waals surface area contributed by atoms with Crippen molar-refractivity contribution in [1.82, 2.24) is 9.55 Å². The van der Waals surface area contributed by atoms with E-state index in [0.29, 0.717) is 11.3 Å². The summed E-state index contributed by atoms with van der Waals surface area (Å²) in [6.07, 6.45) is 4.73. The molecule has 0 bridgehead atoms. The standard InChI is InChI=1S/C14H15FN2O/c15-12-6-2-1-5-11(12)13-8-17-10(9-18)4-3-7-14(17)16-13/h1-2,5-6,8,10,18H,3-4,7,9H2. The second-order valence-corrected chi connectivity index (χ2v) is 4.66. The molecule has 1 aromatic heterocycles. The maximum Gasteiger partial charge on any atom is 0.132 e. The highest BCUT2D eigenvalue weighted by molar-refractivity contribution is 5.59. The van der Waals surface area contributed by atoms with E-state index < -0.39 is 0 Å². The average Bonchev–Trinajstić information content (AvgIpc) is 2.82. The van der Waals surface area contributed by atoms with Crippen molar-refractivity contribution in [3.8, 4) is 11.3 Å². The first-order valence-electron chi connectivity index (χ1n) is 6.23. The van der Waals surface area contributed by atoms with Crippen molar-refractivity contribution in [3.05, 3.63) is 42.1 Å². The summed E-state index contributed by atoms with van der Waals surface area (Å²) >= 11 is 0. The fourth-order valence-corrected chi connectivity index (χ4v) is 2.55. The summed E-state index contributed by atoms with van der Waals surface area (Å²) in [5.74, 6) is 0.687. The fourth-order valence-electron chi connectivity index (χ4n) is 2.55. The Bertz CT molecular complexity index is 565. The summed E-state index contributed by atoms with van der Waals surface area (Å²) in [6.45, 7) is 0.111. The van der Waals surface area contributed by atoms with Crippen LogP contribution in [0.3, 0.4) is 0 Å². The molecule has 0 spiro atoms. The number of halogens is 1. The van der Waals surface area contributed by atoms with Crippen LogP contribution >= 0.6 is 0 Å². The van der Waals surface area contributed by atoms with Gasteiger partial charge in [-0.1, -0.05) is 12.1 Å². The molecule has 1 N–H and O–H groups in total. The predicted molar refractivity (Wildman–Crippen MR) is 66.7 cm³/mol. The molecule has 3 nitrogen and oxygen atoms in total. The van der Waals surface area contributed by atoms with Gasteiger partial charge in [-0.05, 0) is 25.0 Å². The number of hydrogen-bond acceptors (Lipinski definition) is 2. The molecule has 1 unspecified atom stereocenters. The van der Waals surface area contributed by atoms with Gasteiger partial charge >= 0.3 is 0 Å². The third-order valence-electron chi connectivity index (χ3n) is 3.50. The Morgan fingerprint density at radius 1 is 1.39 bits per heavy atom. The number of aromatic nitrogens is 2. The minimum Gasteiger partial charge on any atom is -0.394 e. The molecule has 1 aromatic carbocycles. The van der Waals surface area contributed by atoms with Crippen molar-refractivity contribution in [1.29, 1.82) is 0 Å². The number of benzene rings is 1. The van der Waals surface area contributed by atoms with E-state index in [-0.39, 0.29) is 18.5 Å². The third kappa shape index (κ3) is 1.82.